The number of amides is 2. The van der Waals surface area contributed by atoms with Crippen LogP contribution in [0.5, 0.6) is 0 Å². The van der Waals surface area contributed by atoms with Gasteiger partial charge in [0, 0.05) is 57.2 Å². The standard InChI is InChI=1S/C23H28N4O2/c1-16-5-7-18(8-6-16)12-22(29)27-11-9-21-20(15-27)13-24-23(25-21)19-4-3-10-26(14-19)17(2)28/h5-8,13,19H,3-4,9-12,14-15H2,1-2H3/t19-/m0/s1. The van der Waals surface area contributed by atoms with Crippen molar-refractivity contribution in [3.05, 3.63) is 58.7 Å². The largest absolute Gasteiger partial charge is 0.342 e. The molecule has 152 valence electrons. The summed E-state index contributed by atoms with van der Waals surface area (Å²) in [5.41, 5.74) is 4.33. The number of nitrogens with zero attached hydrogens (tertiary/aromatic N) is 4. The smallest absolute Gasteiger partial charge is 0.227 e. The predicted octanol–water partition coefficient (Wildman–Crippen LogP) is 2.64. The van der Waals surface area contributed by atoms with E-state index in [9.17, 15) is 9.59 Å². The number of carbonyl (C=O) groups is 2. The third-order valence-electron chi connectivity index (χ3n) is 6.01. The summed E-state index contributed by atoms with van der Waals surface area (Å²) in [6.45, 7) is 6.47. The Labute approximate surface area is 172 Å². The molecule has 2 aromatic rings. The molecule has 1 fully saturated rings. The van der Waals surface area contributed by atoms with Gasteiger partial charge in [0.15, 0.2) is 0 Å². The quantitative estimate of drug-likeness (QED) is 0.805. The fraction of sp³-hybridized carbons (Fsp3) is 0.478. The third kappa shape index (κ3) is 4.47. The van der Waals surface area contributed by atoms with E-state index >= 15 is 0 Å². The van der Waals surface area contributed by atoms with Crippen molar-refractivity contribution < 1.29 is 9.59 Å². The Morgan fingerprint density at radius 3 is 2.69 bits per heavy atom. The molecule has 0 aliphatic carbocycles. The molecule has 2 aliphatic heterocycles. The molecule has 0 bridgehead atoms. The predicted molar refractivity (Wildman–Crippen MR) is 110 cm³/mol. The number of carbonyl (C=O) groups excluding carboxylic acids is 2. The lowest BCUT2D eigenvalue weighted by atomic mass is 9.96. The lowest BCUT2D eigenvalue weighted by molar-refractivity contribution is -0.131. The number of piperidine rings is 1. The van der Waals surface area contributed by atoms with E-state index in [2.05, 4.69) is 4.98 Å². The van der Waals surface area contributed by atoms with Crippen LogP contribution in [0.3, 0.4) is 0 Å². The van der Waals surface area contributed by atoms with Crippen molar-refractivity contribution in [2.24, 2.45) is 0 Å². The molecule has 1 atom stereocenters. The van der Waals surface area contributed by atoms with Gasteiger partial charge in [0.1, 0.15) is 5.82 Å². The van der Waals surface area contributed by atoms with E-state index in [-0.39, 0.29) is 17.7 Å². The molecule has 0 unspecified atom stereocenters. The first kappa shape index (κ1) is 19.6. The Kier molecular flexibility index (Phi) is 5.60. The number of rotatable bonds is 3. The normalized spacial score (nSPS) is 19.0. The first-order chi connectivity index (χ1) is 14.0. The van der Waals surface area contributed by atoms with Crippen LogP contribution >= 0.6 is 0 Å². The number of hydrogen-bond acceptors (Lipinski definition) is 4. The van der Waals surface area contributed by atoms with Crippen molar-refractivity contribution in [1.29, 1.82) is 0 Å². The van der Waals surface area contributed by atoms with E-state index in [0.29, 0.717) is 26.1 Å². The molecule has 0 spiro atoms. The summed E-state index contributed by atoms with van der Waals surface area (Å²) in [6.07, 6.45) is 5.08. The molecule has 6 nitrogen and oxygen atoms in total. The molecule has 1 aromatic carbocycles. The van der Waals surface area contributed by atoms with Gasteiger partial charge in [-0.2, -0.15) is 0 Å². The van der Waals surface area contributed by atoms with Crippen LogP contribution in [-0.2, 0) is 29.0 Å². The van der Waals surface area contributed by atoms with Crippen molar-refractivity contribution in [3.63, 3.8) is 0 Å². The number of aryl methyl sites for hydroxylation is 1. The summed E-state index contributed by atoms with van der Waals surface area (Å²) in [5, 5.41) is 0. The summed E-state index contributed by atoms with van der Waals surface area (Å²) in [4.78, 5) is 37.7. The van der Waals surface area contributed by atoms with Gasteiger partial charge < -0.3 is 9.80 Å². The molecule has 1 aromatic heterocycles. The van der Waals surface area contributed by atoms with Crippen LogP contribution in [-0.4, -0.2) is 51.2 Å². The maximum absolute atomic E-state index is 12.7. The van der Waals surface area contributed by atoms with E-state index in [4.69, 9.17) is 4.98 Å². The second kappa shape index (κ2) is 8.31. The minimum absolute atomic E-state index is 0.121. The lowest BCUT2D eigenvalue weighted by Gasteiger charge is -2.32. The van der Waals surface area contributed by atoms with Crippen LogP contribution in [0.1, 0.15) is 53.9 Å². The molecule has 3 heterocycles. The number of likely N-dealkylation sites (tertiary alicyclic amines) is 1. The van der Waals surface area contributed by atoms with Crippen LogP contribution in [0.4, 0.5) is 0 Å². The van der Waals surface area contributed by atoms with Crippen molar-refractivity contribution >= 4 is 11.8 Å². The van der Waals surface area contributed by atoms with Crippen molar-refractivity contribution in [1.82, 2.24) is 19.8 Å². The highest BCUT2D eigenvalue weighted by molar-refractivity contribution is 5.79. The Morgan fingerprint density at radius 1 is 1.14 bits per heavy atom. The average Bonchev–Trinajstić information content (AvgIpc) is 2.74. The molecule has 0 N–H and O–H groups in total. The molecule has 2 aliphatic rings. The molecular formula is C23H28N4O2. The van der Waals surface area contributed by atoms with Gasteiger partial charge >= 0.3 is 0 Å². The summed E-state index contributed by atoms with van der Waals surface area (Å²) in [7, 11) is 0. The Morgan fingerprint density at radius 2 is 1.93 bits per heavy atom. The average molecular weight is 393 g/mol. The van der Waals surface area contributed by atoms with Gasteiger partial charge in [0.05, 0.1) is 12.1 Å². The summed E-state index contributed by atoms with van der Waals surface area (Å²) in [5.74, 6) is 1.32. The Balaban J connectivity index is 1.42. The number of fused-ring (bicyclic) bond motifs is 1. The highest BCUT2D eigenvalue weighted by Crippen LogP contribution is 2.26. The number of benzene rings is 1. The summed E-state index contributed by atoms with van der Waals surface area (Å²) in [6, 6.07) is 8.13. The maximum Gasteiger partial charge on any atom is 0.227 e. The fourth-order valence-corrected chi connectivity index (χ4v) is 4.21. The lowest BCUT2D eigenvalue weighted by Crippen LogP contribution is -2.39. The van der Waals surface area contributed by atoms with Crippen LogP contribution in [0.15, 0.2) is 30.5 Å². The van der Waals surface area contributed by atoms with Crippen LogP contribution in [0, 0.1) is 6.92 Å². The van der Waals surface area contributed by atoms with Gasteiger partial charge in [0.2, 0.25) is 11.8 Å². The first-order valence-electron chi connectivity index (χ1n) is 10.4. The second-order valence-electron chi connectivity index (χ2n) is 8.23. The van der Waals surface area contributed by atoms with Gasteiger partial charge in [-0.25, -0.2) is 9.97 Å². The fourth-order valence-electron chi connectivity index (χ4n) is 4.21. The molecule has 4 rings (SSSR count). The Bertz CT molecular complexity index is 910. The SMILES string of the molecule is CC(=O)N1CCC[C@H](c2ncc3c(n2)CCN(C(=O)Cc2ccc(C)cc2)C3)C1. The zero-order chi connectivity index (χ0) is 20.4. The summed E-state index contributed by atoms with van der Waals surface area (Å²) < 4.78 is 0. The zero-order valence-corrected chi connectivity index (χ0v) is 17.2. The van der Waals surface area contributed by atoms with E-state index in [1.807, 2.05) is 47.2 Å². The zero-order valence-electron chi connectivity index (χ0n) is 17.2. The van der Waals surface area contributed by atoms with E-state index in [1.165, 1.54) is 5.56 Å². The van der Waals surface area contributed by atoms with E-state index in [0.717, 1.165) is 48.5 Å². The van der Waals surface area contributed by atoms with Gasteiger partial charge in [-0.05, 0) is 25.3 Å². The van der Waals surface area contributed by atoms with Gasteiger partial charge in [-0.3, -0.25) is 9.59 Å². The van der Waals surface area contributed by atoms with Crippen LogP contribution in [0.25, 0.3) is 0 Å². The van der Waals surface area contributed by atoms with Crippen molar-refractivity contribution in [2.45, 2.75) is 52.0 Å². The van der Waals surface area contributed by atoms with Crippen LogP contribution in [0.2, 0.25) is 0 Å². The maximum atomic E-state index is 12.7. The minimum Gasteiger partial charge on any atom is -0.342 e. The molecule has 29 heavy (non-hydrogen) atoms. The number of hydrogen-bond donors (Lipinski definition) is 0. The monoisotopic (exact) mass is 392 g/mol. The van der Waals surface area contributed by atoms with E-state index in [1.54, 1.807) is 6.92 Å². The molecule has 1 saturated heterocycles. The molecule has 0 saturated carbocycles. The highest BCUT2D eigenvalue weighted by atomic mass is 16.2. The van der Waals surface area contributed by atoms with Gasteiger partial charge in [-0.15, -0.1) is 0 Å². The van der Waals surface area contributed by atoms with Crippen molar-refractivity contribution in [2.75, 3.05) is 19.6 Å². The topological polar surface area (TPSA) is 66.4 Å². The molecule has 2 amide bonds. The van der Waals surface area contributed by atoms with Gasteiger partial charge in [0.25, 0.3) is 0 Å². The molecule has 0 radical (unpaired) electrons. The molecular weight excluding hydrogens is 364 g/mol. The van der Waals surface area contributed by atoms with E-state index < -0.39 is 0 Å². The van der Waals surface area contributed by atoms with Gasteiger partial charge in [-0.1, -0.05) is 29.8 Å². The second-order valence-corrected chi connectivity index (χ2v) is 8.23. The first-order valence-corrected chi connectivity index (χ1v) is 10.4. The van der Waals surface area contributed by atoms with Crippen LogP contribution < -0.4 is 0 Å². The molecule has 6 heteroatoms. The number of aromatic nitrogens is 2. The van der Waals surface area contributed by atoms with Crippen molar-refractivity contribution in [3.8, 4) is 0 Å². The summed E-state index contributed by atoms with van der Waals surface area (Å²) >= 11 is 0. The third-order valence-corrected chi connectivity index (χ3v) is 6.01. The Hall–Kier alpha value is -2.76. The minimum atomic E-state index is 0.121. The highest BCUT2D eigenvalue weighted by Gasteiger charge is 2.27.